The second-order valence-electron chi connectivity index (χ2n) is 22.2. The number of hydrogen-bond acceptors (Lipinski definition) is 12. The van der Waals surface area contributed by atoms with Crippen molar-refractivity contribution in [2.75, 3.05) is 5.73 Å². The molecule has 11 atom stereocenters. The van der Waals surface area contributed by atoms with Gasteiger partial charge in [-0.15, -0.1) is 0 Å². The first-order chi connectivity index (χ1) is 37.5. The van der Waals surface area contributed by atoms with E-state index in [1.54, 1.807) is 0 Å². The lowest BCUT2D eigenvalue weighted by Crippen LogP contribution is -2.55. The van der Waals surface area contributed by atoms with E-state index in [4.69, 9.17) is 68.8 Å². The number of nitrogen functional groups attached to an aromatic ring is 1. The minimum Gasteiger partial charge on any atom is -0.402 e. The summed E-state index contributed by atoms with van der Waals surface area (Å²) in [7, 11) is 0. The molecule has 12 nitrogen and oxygen atoms in total. The maximum atomic E-state index is 6.86. The summed E-state index contributed by atoms with van der Waals surface area (Å²) < 4.78 is 0. The third-order valence-electron chi connectivity index (χ3n) is 15.2. The standard InChI is InChI=1S/C20H18N2.C19H26N2.C14H16N2.C6H14N2.2C4H12N2/c21-17-11-9-13-5-1-3-7-15(13)19(17)20-16-8-4-2-6-14(16)10-12-18(20)22;1-13(2)18(20)19(21,16-9-5-14(3)6-10-16)17-11-7-15(4)8-12-17;15-13(11-7-3-1-4-8-11)14(16)12-9-5-2-6-10-12;7-5-3-1-2-4-6(5)8;2*1-3(5)4(2)6/h1-12,15,19H,21-22H2;5-13,18H,20-21H2,1-4H3;1-10,13-14H,15-16H2;5-6H,1-4,7-8H2;2*3-4H,5-6H2,1-2H3/t15?,19-;18-;13-,14?;5-,6-;2*3-,4?/m100100/s1. The van der Waals surface area contributed by atoms with Crippen LogP contribution in [-0.2, 0) is 5.54 Å². The van der Waals surface area contributed by atoms with Crippen molar-refractivity contribution < 1.29 is 0 Å². The Labute approximate surface area is 474 Å². The smallest absolute Gasteiger partial charge is 0.0821 e. The average Bonchev–Trinajstić information content (AvgIpc) is 3.62. The van der Waals surface area contributed by atoms with Gasteiger partial charge in [0.25, 0.3) is 0 Å². The molecule has 3 aliphatic carbocycles. The fourth-order valence-corrected chi connectivity index (χ4v) is 9.24. The molecule has 1 fully saturated rings. The number of aryl methyl sites for hydroxylation is 2. The maximum Gasteiger partial charge on any atom is 0.0821 e. The summed E-state index contributed by atoms with van der Waals surface area (Å²) >= 11 is 0. The van der Waals surface area contributed by atoms with Gasteiger partial charge in [0.2, 0.25) is 0 Å². The van der Waals surface area contributed by atoms with Gasteiger partial charge in [0.15, 0.2) is 0 Å². The maximum absolute atomic E-state index is 6.86. The normalized spacial score (nSPS) is 20.0. The van der Waals surface area contributed by atoms with Gasteiger partial charge in [0, 0.05) is 77.6 Å². The van der Waals surface area contributed by atoms with Gasteiger partial charge in [-0.25, -0.2) is 0 Å². The van der Waals surface area contributed by atoms with Crippen LogP contribution in [0.15, 0.2) is 193 Å². The number of allylic oxidation sites excluding steroid dienone is 8. The molecule has 0 amide bonds. The molecule has 6 aromatic rings. The Morgan fingerprint density at radius 2 is 0.924 bits per heavy atom. The van der Waals surface area contributed by atoms with Crippen molar-refractivity contribution in [3.05, 3.63) is 232 Å². The number of hydrogen-bond donors (Lipinski definition) is 12. The lowest BCUT2D eigenvalue weighted by atomic mass is 9.73. The van der Waals surface area contributed by atoms with Gasteiger partial charge >= 0.3 is 0 Å². The van der Waals surface area contributed by atoms with Crippen molar-refractivity contribution in [2.24, 2.45) is 74.9 Å². The van der Waals surface area contributed by atoms with Crippen molar-refractivity contribution in [1.82, 2.24) is 0 Å². The average molecular weight is 1070 g/mol. The molecule has 1 saturated carbocycles. The molecule has 3 aliphatic rings. The zero-order valence-electron chi connectivity index (χ0n) is 48.5. The van der Waals surface area contributed by atoms with Gasteiger partial charge < -0.3 is 68.8 Å². The van der Waals surface area contributed by atoms with Gasteiger partial charge in [0.1, 0.15) is 0 Å². The molecule has 0 spiro atoms. The van der Waals surface area contributed by atoms with E-state index in [1.807, 2.05) is 101 Å². The van der Waals surface area contributed by atoms with Gasteiger partial charge in [-0.1, -0.05) is 208 Å². The molecule has 0 saturated heterocycles. The minimum atomic E-state index is -0.671. The molecule has 0 radical (unpaired) electrons. The summed E-state index contributed by atoms with van der Waals surface area (Å²) in [4.78, 5) is 0. The summed E-state index contributed by atoms with van der Waals surface area (Å²) in [6.45, 7) is 16.0. The molecule has 12 heteroatoms. The van der Waals surface area contributed by atoms with Crippen LogP contribution in [0, 0.1) is 25.7 Å². The van der Waals surface area contributed by atoms with E-state index < -0.39 is 5.54 Å². The first-order valence-corrected chi connectivity index (χ1v) is 28.1. The highest BCUT2D eigenvalue weighted by atomic mass is 14.9. The van der Waals surface area contributed by atoms with Crippen LogP contribution in [0.1, 0.15) is 124 Å². The van der Waals surface area contributed by atoms with Crippen molar-refractivity contribution in [3.8, 4) is 0 Å². The molecule has 6 aromatic carbocycles. The third-order valence-corrected chi connectivity index (χ3v) is 15.2. The number of fused-ring (bicyclic) bond motifs is 2. The first kappa shape index (κ1) is 65.3. The molecule has 426 valence electrons. The van der Waals surface area contributed by atoms with Crippen LogP contribution >= 0.6 is 0 Å². The van der Waals surface area contributed by atoms with E-state index in [1.165, 1.54) is 40.3 Å². The molecule has 0 heterocycles. The minimum absolute atomic E-state index is 0.0901. The van der Waals surface area contributed by atoms with Crippen LogP contribution in [0.2, 0.25) is 0 Å². The van der Waals surface area contributed by atoms with Crippen LogP contribution in [0.3, 0.4) is 0 Å². The lowest BCUT2D eigenvalue weighted by Gasteiger charge is -2.39. The largest absolute Gasteiger partial charge is 0.402 e. The highest BCUT2D eigenvalue weighted by Crippen LogP contribution is 2.45. The molecule has 24 N–H and O–H groups in total. The van der Waals surface area contributed by atoms with Crippen LogP contribution in [0.25, 0.3) is 10.8 Å². The molecule has 0 aromatic heterocycles. The van der Waals surface area contributed by atoms with E-state index in [0.717, 1.165) is 52.0 Å². The number of rotatable bonds is 10. The topological polar surface area (TPSA) is 312 Å². The number of benzene rings is 6. The zero-order chi connectivity index (χ0) is 58.4. The summed E-state index contributed by atoms with van der Waals surface area (Å²) in [5.41, 5.74) is 81.1. The summed E-state index contributed by atoms with van der Waals surface area (Å²) in [5, 5.41) is 2.39. The highest BCUT2D eigenvalue weighted by molar-refractivity contribution is 5.91. The Morgan fingerprint density at radius 3 is 1.34 bits per heavy atom. The molecule has 0 bridgehead atoms. The summed E-state index contributed by atoms with van der Waals surface area (Å²) in [6.07, 6.45) is 17.5. The number of anilines is 1. The predicted molar refractivity (Wildman–Crippen MR) is 339 cm³/mol. The van der Waals surface area contributed by atoms with Gasteiger partial charge in [-0.2, -0.15) is 0 Å². The Morgan fingerprint density at radius 1 is 0.494 bits per heavy atom. The molecule has 4 unspecified atom stereocenters. The van der Waals surface area contributed by atoms with Gasteiger partial charge in [-0.3, -0.25) is 0 Å². The Bertz CT molecular complexity index is 2700. The van der Waals surface area contributed by atoms with E-state index in [-0.39, 0.29) is 72.1 Å². The molecule has 79 heavy (non-hydrogen) atoms. The van der Waals surface area contributed by atoms with Crippen LogP contribution in [0.4, 0.5) is 5.69 Å². The summed E-state index contributed by atoms with van der Waals surface area (Å²) in [6, 6.07) is 49.7. The molecular formula is C67H98N12. The van der Waals surface area contributed by atoms with Crippen molar-refractivity contribution in [1.29, 1.82) is 0 Å². The van der Waals surface area contributed by atoms with Crippen molar-refractivity contribution >= 4 is 16.5 Å². The quantitative estimate of drug-likeness (QED) is 0.0571. The lowest BCUT2D eigenvalue weighted by molar-refractivity contribution is 0.337. The van der Waals surface area contributed by atoms with E-state index in [9.17, 15) is 0 Å². The molecule has 0 aliphatic heterocycles. The zero-order valence-corrected chi connectivity index (χ0v) is 48.5. The Balaban J connectivity index is 0.000000219. The third kappa shape index (κ3) is 19.2. The van der Waals surface area contributed by atoms with Crippen LogP contribution in [0.5, 0.6) is 0 Å². The van der Waals surface area contributed by atoms with E-state index >= 15 is 0 Å². The first-order valence-electron chi connectivity index (χ1n) is 28.1. The highest BCUT2D eigenvalue weighted by Gasteiger charge is 2.38. The fraction of sp³-hybridized carbons (Fsp3) is 0.373. The van der Waals surface area contributed by atoms with E-state index in [2.05, 4.69) is 137 Å². The van der Waals surface area contributed by atoms with Crippen LogP contribution in [-0.4, -0.2) is 42.3 Å². The van der Waals surface area contributed by atoms with Gasteiger partial charge in [-0.05, 0) is 117 Å². The molecule has 9 rings (SSSR count). The SMILES string of the molecule is CC(N)[C@H](C)N.CC(N)[C@H](C)N.Cc1ccc(C(N)(c2ccc(C)cc2)[C@@H](N)C(C)C)cc1.NC(c1ccccc1)[C@@H](N)c1ccccc1.NC1=CC=C2C=CC=CC2[C@H]1c1c(N)ccc2ccccc12.N[C@@H]1CCCC[C@H]1N. The Kier molecular flexibility index (Phi) is 26.5. The van der Waals surface area contributed by atoms with Gasteiger partial charge in [0.05, 0.1) is 5.54 Å². The van der Waals surface area contributed by atoms with Crippen molar-refractivity contribution in [3.63, 3.8) is 0 Å². The monoisotopic (exact) mass is 1070 g/mol. The van der Waals surface area contributed by atoms with E-state index in [0.29, 0.717) is 0 Å². The second kappa shape index (κ2) is 32.1. The Hall–Kier alpha value is -6.26. The second-order valence-corrected chi connectivity index (χ2v) is 22.2. The fourth-order valence-electron chi connectivity index (χ4n) is 9.24. The van der Waals surface area contributed by atoms with Crippen molar-refractivity contribution in [2.45, 2.75) is 147 Å². The number of nitrogens with two attached hydrogens (primary N) is 12. The predicted octanol–water partition coefficient (Wildman–Crippen LogP) is 9.48. The molecular weight excluding hydrogens is 973 g/mol. The van der Waals surface area contributed by atoms with Crippen LogP contribution < -0.4 is 68.8 Å². The summed E-state index contributed by atoms with van der Waals surface area (Å²) in [5.74, 6) is 0.632.